The third-order valence-electron chi connectivity index (χ3n) is 11.2. The van der Waals surface area contributed by atoms with Crippen molar-refractivity contribution in [1.82, 2.24) is 19.9 Å². The van der Waals surface area contributed by atoms with E-state index in [1.165, 1.54) is 37.9 Å². The van der Waals surface area contributed by atoms with Crippen LogP contribution in [0.3, 0.4) is 0 Å². The van der Waals surface area contributed by atoms with Gasteiger partial charge in [-0.1, -0.05) is 182 Å². The molecule has 0 aliphatic rings. The molecule has 0 amide bonds. The molecule has 11 rings (SSSR count). The van der Waals surface area contributed by atoms with Gasteiger partial charge in [0.25, 0.3) is 0 Å². The average molecular weight is 739 g/mol. The van der Waals surface area contributed by atoms with Crippen LogP contribution in [0.1, 0.15) is 0 Å². The Morgan fingerprint density at radius 2 is 0.655 bits per heavy atom. The molecular weight excluding hydrogens is 705 g/mol. The van der Waals surface area contributed by atoms with Crippen LogP contribution < -0.4 is 0 Å². The van der Waals surface area contributed by atoms with Crippen molar-refractivity contribution in [2.75, 3.05) is 0 Å². The fraction of sp³-hybridized carbons (Fsp3) is 0. The molecule has 4 heteroatoms. The van der Waals surface area contributed by atoms with Crippen molar-refractivity contribution < 1.29 is 0 Å². The summed E-state index contributed by atoms with van der Waals surface area (Å²) in [6, 6.07) is 70.3. The number of hydrogen-bond acceptors (Lipinski definition) is 4. The molecule has 0 atom stereocenters. The highest BCUT2D eigenvalue weighted by Gasteiger charge is 2.15. The Hall–Kier alpha value is -7.82. The molecular formula is C54H34N4. The predicted octanol–water partition coefficient (Wildman–Crippen LogP) is 13.9. The number of nitrogens with zero attached hydrogens (tertiary/aromatic N) is 4. The first kappa shape index (κ1) is 33.5. The smallest absolute Gasteiger partial charge is 0.164 e. The molecule has 0 aliphatic carbocycles. The molecule has 0 fully saturated rings. The summed E-state index contributed by atoms with van der Waals surface area (Å²) in [5, 5.41) is 8.69. The minimum atomic E-state index is 0.626. The molecule has 0 bridgehead atoms. The summed E-state index contributed by atoms with van der Waals surface area (Å²) in [6.07, 6.45) is 2.00. The molecule has 58 heavy (non-hydrogen) atoms. The molecule has 0 saturated carbocycles. The van der Waals surface area contributed by atoms with Crippen LogP contribution in [0.15, 0.2) is 206 Å². The zero-order chi connectivity index (χ0) is 38.4. The number of benzene rings is 9. The largest absolute Gasteiger partial charge is 0.256 e. The van der Waals surface area contributed by atoms with Gasteiger partial charge in [0.05, 0.1) is 5.52 Å². The van der Waals surface area contributed by atoms with Gasteiger partial charge in [0, 0.05) is 33.8 Å². The van der Waals surface area contributed by atoms with Crippen LogP contribution in [0.25, 0.3) is 111 Å². The van der Waals surface area contributed by atoms with Crippen LogP contribution in [0, 0.1) is 0 Å². The van der Waals surface area contributed by atoms with Gasteiger partial charge in [0.15, 0.2) is 17.5 Å². The van der Waals surface area contributed by atoms with E-state index in [0.717, 1.165) is 55.4 Å². The van der Waals surface area contributed by atoms with E-state index in [-0.39, 0.29) is 0 Å². The van der Waals surface area contributed by atoms with E-state index in [1.54, 1.807) is 0 Å². The van der Waals surface area contributed by atoms with Crippen molar-refractivity contribution in [3.05, 3.63) is 206 Å². The lowest BCUT2D eigenvalue weighted by Crippen LogP contribution is -2.00. The van der Waals surface area contributed by atoms with E-state index >= 15 is 0 Å². The van der Waals surface area contributed by atoms with Crippen LogP contribution in [0.4, 0.5) is 0 Å². The van der Waals surface area contributed by atoms with Crippen molar-refractivity contribution >= 4 is 43.2 Å². The molecule has 11 aromatic rings. The summed E-state index contributed by atoms with van der Waals surface area (Å²) < 4.78 is 0. The van der Waals surface area contributed by atoms with E-state index in [9.17, 15) is 0 Å². The fourth-order valence-electron chi connectivity index (χ4n) is 8.24. The molecule has 0 spiro atoms. The van der Waals surface area contributed by atoms with Gasteiger partial charge in [-0.05, 0) is 78.3 Å². The van der Waals surface area contributed by atoms with Crippen molar-refractivity contribution in [3.63, 3.8) is 0 Å². The van der Waals surface area contributed by atoms with Gasteiger partial charge in [0.2, 0.25) is 0 Å². The third kappa shape index (κ3) is 5.96. The van der Waals surface area contributed by atoms with Crippen molar-refractivity contribution in [2.24, 2.45) is 0 Å². The monoisotopic (exact) mass is 738 g/mol. The molecule has 2 heterocycles. The van der Waals surface area contributed by atoms with E-state index in [0.29, 0.717) is 17.5 Å². The predicted molar refractivity (Wildman–Crippen MR) is 240 cm³/mol. The quantitative estimate of drug-likeness (QED) is 0.159. The zero-order valence-electron chi connectivity index (χ0n) is 31.4. The first-order valence-corrected chi connectivity index (χ1v) is 19.5. The number of hydrogen-bond donors (Lipinski definition) is 0. The molecule has 0 saturated heterocycles. The number of fused-ring (bicyclic) bond motifs is 7. The second kappa shape index (κ2) is 14.0. The minimum absolute atomic E-state index is 0.626. The highest BCUT2D eigenvalue weighted by molar-refractivity contribution is 6.25. The van der Waals surface area contributed by atoms with Gasteiger partial charge in [-0.25, -0.2) is 15.0 Å². The summed E-state index contributed by atoms with van der Waals surface area (Å²) >= 11 is 0. The fourth-order valence-corrected chi connectivity index (χ4v) is 8.24. The van der Waals surface area contributed by atoms with E-state index in [1.807, 2.05) is 42.6 Å². The van der Waals surface area contributed by atoms with Gasteiger partial charge in [-0.3, -0.25) is 4.98 Å². The van der Waals surface area contributed by atoms with Crippen LogP contribution in [0.5, 0.6) is 0 Å². The highest BCUT2D eigenvalue weighted by atomic mass is 15.0. The van der Waals surface area contributed by atoms with E-state index in [4.69, 9.17) is 19.9 Å². The van der Waals surface area contributed by atoms with E-state index < -0.39 is 0 Å². The SMILES string of the molecule is c1ccc(-c2ccc(-c3nc(-c4ccccc4)nc(-c4ccc(-c5cccc6ncc(-c7ccc8c9ccccc9c9ccccc9c8c7)cc56)cc4)n3)cc2)cc1. The zero-order valence-corrected chi connectivity index (χ0v) is 31.4. The third-order valence-corrected chi connectivity index (χ3v) is 11.2. The first-order valence-electron chi connectivity index (χ1n) is 19.5. The van der Waals surface area contributed by atoms with Gasteiger partial charge in [-0.15, -0.1) is 0 Å². The molecule has 0 N–H and O–H groups in total. The summed E-state index contributed by atoms with van der Waals surface area (Å²) in [4.78, 5) is 19.9. The van der Waals surface area contributed by atoms with Crippen molar-refractivity contribution in [3.8, 4) is 67.5 Å². The molecule has 0 unspecified atom stereocenters. The number of pyridine rings is 1. The van der Waals surface area contributed by atoms with Crippen LogP contribution in [-0.2, 0) is 0 Å². The lowest BCUT2D eigenvalue weighted by molar-refractivity contribution is 1.07. The molecule has 0 aliphatic heterocycles. The topological polar surface area (TPSA) is 51.6 Å². The Kier molecular flexibility index (Phi) is 8.11. The van der Waals surface area contributed by atoms with Crippen LogP contribution in [0.2, 0.25) is 0 Å². The Morgan fingerprint density at radius 3 is 1.24 bits per heavy atom. The molecule has 2 aromatic heterocycles. The Labute approximate surface area is 335 Å². The second-order valence-electron chi connectivity index (χ2n) is 14.6. The molecule has 0 radical (unpaired) electrons. The summed E-state index contributed by atoms with van der Waals surface area (Å²) in [5.74, 6) is 1.90. The second-order valence-corrected chi connectivity index (χ2v) is 14.6. The number of rotatable bonds is 6. The molecule has 9 aromatic carbocycles. The molecule has 4 nitrogen and oxygen atoms in total. The maximum Gasteiger partial charge on any atom is 0.164 e. The standard InChI is InChI=1S/C54H34N4/c1-3-12-35(13-4-1)36-22-26-39(27-23-36)53-56-52(38-14-5-2-6-15-38)57-54(58-53)40-28-24-37(25-29-40)43-20-11-21-51-50(43)33-42(34-55-51)41-30-31-48-46-18-8-7-16-44(46)45-17-9-10-19-47(45)49(48)32-41/h1-34H. The average Bonchev–Trinajstić information content (AvgIpc) is 3.31. The van der Waals surface area contributed by atoms with Gasteiger partial charge < -0.3 is 0 Å². The van der Waals surface area contributed by atoms with Gasteiger partial charge >= 0.3 is 0 Å². The Bertz CT molecular complexity index is 3270. The first-order chi connectivity index (χ1) is 28.7. The van der Waals surface area contributed by atoms with Gasteiger partial charge in [0.1, 0.15) is 0 Å². The number of aromatic nitrogens is 4. The van der Waals surface area contributed by atoms with E-state index in [2.05, 4.69) is 164 Å². The summed E-state index contributed by atoms with van der Waals surface area (Å²) in [6.45, 7) is 0. The maximum atomic E-state index is 5.02. The summed E-state index contributed by atoms with van der Waals surface area (Å²) in [7, 11) is 0. The lowest BCUT2D eigenvalue weighted by Gasteiger charge is -2.13. The maximum absolute atomic E-state index is 5.02. The summed E-state index contributed by atoms with van der Waals surface area (Å²) in [5.41, 5.74) is 10.5. The normalized spacial score (nSPS) is 11.4. The highest BCUT2D eigenvalue weighted by Crippen LogP contribution is 2.38. The lowest BCUT2D eigenvalue weighted by atomic mass is 9.92. The molecule has 270 valence electrons. The Balaban J connectivity index is 0.971. The van der Waals surface area contributed by atoms with Crippen molar-refractivity contribution in [1.29, 1.82) is 0 Å². The minimum Gasteiger partial charge on any atom is -0.256 e. The van der Waals surface area contributed by atoms with Crippen LogP contribution >= 0.6 is 0 Å². The van der Waals surface area contributed by atoms with Crippen molar-refractivity contribution in [2.45, 2.75) is 0 Å². The van der Waals surface area contributed by atoms with Crippen LogP contribution in [-0.4, -0.2) is 19.9 Å². The Morgan fingerprint density at radius 1 is 0.241 bits per heavy atom. The van der Waals surface area contributed by atoms with Gasteiger partial charge in [-0.2, -0.15) is 0 Å².